The van der Waals surface area contributed by atoms with Crippen molar-refractivity contribution in [2.45, 2.75) is 31.9 Å². The van der Waals surface area contributed by atoms with Gasteiger partial charge >= 0.3 is 6.18 Å². The second kappa shape index (κ2) is 4.96. The highest BCUT2D eigenvalue weighted by molar-refractivity contribution is 6.20. The van der Waals surface area contributed by atoms with Crippen LogP contribution in [-0.2, 0) is 11.0 Å². The van der Waals surface area contributed by atoms with Crippen LogP contribution >= 0.6 is 0 Å². The number of hydrogen-bond donors (Lipinski definition) is 0. The van der Waals surface area contributed by atoms with Crippen LogP contribution in [0.4, 0.5) is 13.2 Å². The third-order valence-electron chi connectivity index (χ3n) is 3.03. The summed E-state index contributed by atoms with van der Waals surface area (Å²) >= 11 is 0. The second-order valence-corrected chi connectivity index (χ2v) is 4.36. The Labute approximate surface area is 103 Å². The average molecular weight is 254 g/mol. The maximum absolute atomic E-state index is 12.4. The number of allylic oxidation sites excluding steroid dienone is 2. The molecule has 0 heterocycles. The maximum Gasteiger partial charge on any atom is 0.416 e. The van der Waals surface area contributed by atoms with Crippen LogP contribution < -0.4 is 0 Å². The van der Waals surface area contributed by atoms with E-state index in [4.69, 9.17) is 0 Å². The molecule has 0 aromatic heterocycles. The van der Waals surface area contributed by atoms with E-state index >= 15 is 0 Å². The first-order valence-electron chi connectivity index (χ1n) is 5.89. The highest BCUT2D eigenvalue weighted by atomic mass is 19.4. The molecule has 1 aromatic rings. The molecule has 1 aliphatic carbocycles. The van der Waals surface area contributed by atoms with E-state index in [1.165, 1.54) is 12.1 Å². The summed E-state index contributed by atoms with van der Waals surface area (Å²) in [5, 5.41) is 0. The number of rotatable bonds is 1. The number of ketones is 1. The molecule has 0 aliphatic heterocycles. The molecule has 18 heavy (non-hydrogen) atoms. The minimum Gasteiger partial charge on any atom is -0.294 e. The van der Waals surface area contributed by atoms with Gasteiger partial charge in [-0.3, -0.25) is 4.79 Å². The number of hydrogen-bond acceptors (Lipinski definition) is 1. The molecule has 0 N–H and O–H groups in total. The second-order valence-electron chi connectivity index (χ2n) is 4.36. The molecule has 0 radical (unpaired) electrons. The molecule has 0 fully saturated rings. The molecule has 0 amide bonds. The summed E-state index contributed by atoms with van der Waals surface area (Å²) < 4.78 is 37.3. The summed E-state index contributed by atoms with van der Waals surface area (Å²) in [4.78, 5) is 11.8. The zero-order chi connectivity index (χ0) is 13.2. The van der Waals surface area contributed by atoms with E-state index in [-0.39, 0.29) is 5.78 Å². The minimum atomic E-state index is -4.33. The van der Waals surface area contributed by atoms with Crippen molar-refractivity contribution < 1.29 is 18.0 Å². The van der Waals surface area contributed by atoms with Crippen LogP contribution in [0.25, 0.3) is 5.57 Å². The van der Waals surface area contributed by atoms with Gasteiger partial charge in [-0.15, -0.1) is 0 Å². The van der Waals surface area contributed by atoms with Crippen molar-refractivity contribution in [2.24, 2.45) is 0 Å². The number of carbonyl (C=O) groups is 1. The van der Waals surface area contributed by atoms with E-state index in [9.17, 15) is 18.0 Å². The molecule has 0 saturated heterocycles. The molecule has 1 aromatic carbocycles. The molecule has 0 spiro atoms. The quantitative estimate of drug-likeness (QED) is 0.732. The highest BCUT2D eigenvalue weighted by Gasteiger charge is 2.30. The highest BCUT2D eigenvalue weighted by Crippen LogP contribution is 2.31. The fourth-order valence-corrected chi connectivity index (χ4v) is 2.04. The van der Waals surface area contributed by atoms with E-state index < -0.39 is 11.7 Å². The van der Waals surface area contributed by atoms with Gasteiger partial charge in [0.05, 0.1) is 5.56 Å². The van der Waals surface area contributed by atoms with Gasteiger partial charge in [-0.1, -0.05) is 18.2 Å². The van der Waals surface area contributed by atoms with Gasteiger partial charge in [0.25, 0.3) is 0 Å². The van der Waals surface area contributed by atoms with Crippen molar-refractivity contribution in [2.75, 3.05) is 0 Å². The fourth-order valence-electron chi connectivity index (χ4n) is 2.04. The molecular formula is C14H13F3O. The van der Waals surface area contributed by atoms with Crippen molar-refractivity contribution in [3.63, 3.8) is 0 Å². The van der Waals surface area contributed by atoms with Gasteiger partial charge in [-0.25, -0.2) is 0 Å². The van der Waals surface area contributed by atoms with Gasteiger partial charge in [0.2, 0.25) is 0 Å². The molecule has 0 saturated carbocycles. The molecule has 96 valence electrons. The Hall–Kier alpha value is -1.58. The van der Waals surface area contributed by atoms with Crippen molar-refractivity contribution in [3.8, 4) is 0 Å². The molecule has 0 atom stereocenters. The Morgan fingerprint density at radius 3 is 2.28 bits per heavy atom. The monoisotopic (exact) mass is 254 g/mol. The molecule has 0 unspecified atom stereocenters. The van der Waals surface area contributed by atoms with Crippen molar-refractivity contribution in [1.82, 2.24) is 0 Å². The van der Waals surface area contributed by atoms with E-state index in [1.54, 1.807) is 0 Å². The largest absolute Gasteiger partial charge is 0.416 e. The lowest BCUT2D eigenvalue weighted by atomic mass is 9.99. The first-order chi connectivity index (χ1) is 8.48. The van der Waals surface area contributed by atoms with Crippen molar-refractivity contribution >= 4 is 11.4 Å². The third kappa shape index (κ3) is 2.81. The van der Waals surface area contributed by atoms with Crippen LogP contribution in [0, 0.1) is 0 Å². The Kier molecular flexibility index (Phi) is 3.55. The molecule has 0 bridgehead atoms. The summed E-state index contributed by atoms with van der Waals surface area (Å²) in [7, 11) is 0. The summed E-state index contributed by atoms with van der Waals surface area (Å²) in [6.45, 7) is 0. The summed E-state index contributed by atoms with van der Waals surface area (Å²) in [6, 6.07) is 4.79. The molecule has 4 heteroatoms. The van der Waals surface area contributed by atoms with Gasteiger partial charge in [0, 0.05) is 12.0 Å². The van der Waals surface area contributed by atoms with Gasteiger partial charge in [0.15, 0.2) is 5.78 Å². The summed E-state index contributed by atoms with van der Waals surface area (Å²) in [6.07, 6.45) is 0.586. The van der Waals surface area contributed by atoms with Gasteiger partial charge in [0.1, 0.15) is 0 Å². The summed E-state index contributed by atoms with van der Waals surface area (Å²) in [5.41, 5.74) is 0.448. The summed E-state index contributed by atoms with van der Waals surface area (Å²) in [5.74, 6) is 0.0206. The lowest BCUT2D eigenvalue weighted by molar-refractivity contribution is -0.137. The Morgan fingerprint density at radius 2 is 1.67 bits per heavy atom. The number of alkyl halides is 3. The first-order valence-corrected chi connectivity index (χ1v) is 5.89. The van der Waals surface area contributed by atoms with Crippen LogP contribution in [0.15, 0.2) is 30.3 Å². The van der Waals surface area contributed by atoms with Crippen LogP contribution in [0.5, 0.6) is 0 Å². The SMILES string of the molecule is O=C1CCCCC=C1c1ccc(C(F)(F)F)cc1. The average Bonchev–Trinajstić information content (AvgIpc) is 2.53. The number of carbonyl (C=O) groups excluding carboxylic acids is 1. The lowest BCUT2D eigenvalue weighted by Gasteiger charge is -2.09. The van der Waals surface area contributed by atoms with Crippen LogP contribution in [0.3, 0.4) is 0 Å². The smallest absolute Gasteiger partial charge is 0.294 e. The first kappa shape index (κ1) is 12.9. The van der Waals surface area contributed by atoms with E-state index in [0.717, 1.165) is 31.4 Å². The number of Topliss-reactive ketones (excluding diaryl/α,β-unsaturated/α-hetero) is 1. The van der Waals surface area contributed by atoms with Gasteiger partial charge in [-0.05, 0) is 37.0 Å². The fraction of sp³-hybridized carbons (Fsp3) is 0.357. The number of benzene rings is 1. The Balaban J connectivity index is 2.29. The van der Waals surface area contributed by atoms with Crippen LogP contribution in [-0.4, -0.2) is 5.78 Å². The molecule has 2 rings (SSSR count). The van der Waals surface area contributed by atoms with Gasteiger partial charge < -0.3 is 0 Å². The number of halogens is 3. The van der Waals surface area contributed by atoms with Gasteiger partial charge in [-0.2, -0.15) is 13.2 Å². The zero-order valence-electron chi connectivity index (χ0n) is 9.76. The van der Waals surface area contributed by atoms with Crippen molar-refractivity contribution in [3.05, 3.63) is 41.5 Å². The minimum absolute atomic E-state index is 0.0206. The predicted octanol–water partition coefficient (Wildman–Crippen LogP) is 4.23. The normalized spacial score (nSPS) is 17.3. The predicted molar refractivity (Wildman–Crippen MR) is 62.9 cm³/mol. The Bertz CT molecular complexity index is 469. The third-order valence-corrected chi connectivity index (χ3v) is 3.03. The van der Waals surface area contributed by atoms with Crippen LogP contribution in [0.2, 0.25) is 0 Å². The molecular weight excluding hydrogens is 241 g/mol. The van der Waals surface area contributed by atoms with E-state index in [2.05, 4.69) is 0 Å². The Morgan fingerprint density at radius 1 is 1.00 bits per heavy atom. The van der Waals surface area contributed by atoms with Crippen molar-refractivity contribution in [1.29, 1.82) is 0 Å². The zero-order valence-corrected chi connectivity index (χ0v) is 9.76. The molecule has 1 nitrogen and oxygen atoms in total. The van der Waals surface area contributed by atoms with E-state index in [1.807, 2.05) is 6.08 Å². The standard InChI is InChI=1S/C14H13F3O/c15-14(16,17)11-8-6-10(7-9-11)12-4-2-1-3-5-13(12)18/h4,6-9H,1-3,5H2. The van der Waals surface area contributed by atoms with Crippen LogP contribution in [0.1, 0.15) is 36.8 Å². The molecule has 1 aliphatic rings. The topological polar surface area (TPSA) is 17.1 Å². The maximum atomic E-state index is 12.4. The van der Waals surface area contributed by atoms with E-state index in [0.29, 0.717) is 17.6 Å². The lowest BCUT2D eigenvalue weighted by Crippen LogP contribution is -2.05.